The molecule has 9 aromatic carbocycles. The van der Waals surface area contributed by atoms with Crippen LogP contribution in [0.25, 0.3) is 76.9 Å². The number of hydrogen-bond acceptors (Lipinski definition) is 2. The first-order chi connectivity index (χ1) is 25.7. The molecule has 10 aromatic rings. The first-order valence-corrected chi connectivity index (χ1v) is 17.7. The van der Waals surface area contributed by atoms with Crippen molar-refractivity contribution in [1.82, 2.24) is 0 Å². The van der Waals surface area contributed by atoms with Crippen molar-refractivity contribution in [2.24, 2.45) is 0 Å². The lowest BCUT2D eigenvalue weighted by Crippen LogP contribution is -2.10. The minimum absolute atomic E-state index is 0.888. The predicted molar refractivity (Wildman–Crippen MR) is 220 cm³/mol. The first kappa shape index (κ1) is 30.0. The van der Waals surface area contributed by atoms with Crippen molar-refractivity contribution in [2.45, 2.75) is 0 Å². The van der Waals surface area contributed by atoms with Gasteiger partial charge in [0.15, 0.2) is 0 Å². The van der Waals surface area contributed by atoms with Crippen LogP contribution >= 0.6 is 0 Å². The smallest absolute Gasteiger partial charge is 0.135 e. The number of rotatable bonds is 6. The van der Waals surface area contributed by atoms with Crippen LogP contribution in [0.4, 0.5) is 17.1 Å². The van der Waals surface area contributed by atoms with Gasteiger partial charge in [-0.2, -0.15) is 0 Å². The maximum Gasteiger partial charge on any atom is 0.135 e. The predicted octanol–water partition coefficient (Wildman–Crippen LogP) is 14.4. The van der Waals surface area contributed by atoms with Crippen molar-refractivity contribution in [3.63, 3.8) is 0 Å². The van der Waals surface area contributed by atoms with Crippen LogP contribution in [0.1, 0.15) is 0 Å². The van der Waals surface area contributed by atoms with E-state index in [1.165, 1.54) is 43.8 Å². The highest BCUT2D eigenvalue weighted by atomic mass is 16.3. The van der Waals surface area contributed by atoms with Gasteiger partial charge in [0.25, 0.3) is 0 Å². The summed E-state index contributed by atoms with van der Waals surface area (Å²) in [6.45, 7) is 0. The van der Waals surface area contributed by atoms with Crippen molar-refractivity contribution in [2.75, 3.05) is 4.90 Å². The van der Waals surface area contributed by atoms with Gasteiger partial charge in [0.05, 0.1) is 0 Å². The molecule has 2 heteroatoms. The van der Waals surface area contributed by atoms with Crippen LogP contribution in [0, 0.1) is 0 Å². The summed E-state index contributed by atoms with van der Waals surface area (Å²) in [6, 6.07) is 71.8. The molecule has 1 heterocycles. The van der Waals surface area contributed by atoms with Gasteiger partial charge in [-0.25, -0.2) is 0 Å². The Labute approximate surface area is 302 Å². The minimum Gasteiger partial charge on any atom is -0.456 e. The van der Waals surface area contributed by atoms with Crippen LogP contribution in [-0.2, 0) is 0 Å². The fourth-order valence-corrected chi connectivity index (χ4v) is 7.55. The van der Waals surface area contributed by atoms with Crippen molar-refractivity contribution < 1.29 is 4.42 Å². The number of anilines is 3. The Kier molecular flexibility index (Phi) is 7.18. The number of furan rings is 1. The second kappa shape index (κ2) is 12.5. The summed E-state index contributed by atoms with van der Waals surface area (Å²) < 4.78 is 6.37. The lowest BCUT2D eigenvalue weighted by atomic mass is 9.97. The topological polar surface area (TPSA) is 16.4 Å². The molecular formula is C50H33NO. The Bertz CT molecular complexity index is 2840. The zero-order valence-electron chi connectivity index (χ0n) is 28.4. The maximum absolute atomic E-state index is 6.37. The van der Waals surface area contributed by atoms with E-state index in [9.17, 15) is 0 Å². The Hall–Kier alpha value is -6.90. The van der Waals surface area contributed by atoms with Crippen LogP contribution < -0.4 is 4.90 Å². The number of hydrogen-bond donors (Lipinski definition) is 0. The Balaban J connectivity index is 1.07. The van der Waals surface area contributed by atoms with E-state index in [4.69, 9.17) is 4.42 Å². The summed E-state index contributed by atoms with van der Waals surface area (Å²) in [5.74, 6) is 0. The Morgan fingerprint density at radius 2 is 0.712 bits per heavy atom. The summed E-state index contributed by atoms with van der Waals surface area (Å²) in [5, 5.41) is 7.11. The lowest BCUT2D eigenvalue weighted by molar-refractivity contribution is 0.669. The van der Waals surface area contributed by atoms with Gasteiger partial charge in [-0.1, -0.05) is 133 Å². The average molecular weight is 664 g/mol. The molecule has 0 saturated heterocycles. The van der Waals surface area contributed by atoms with Gasteiger partial charge in [0, 0.05) is 27.8 Å². The summed E-state index contributed by atoms with van der Waals surface area (Å²) in [6.07, 6.45) is 0. The summed E-state index contributed by atoms with van der Waals surface area (Å²) >= 11 is 0. The van der Waals surface area contributed by atoms with E-state index in [2.05, 4.69) is 205 Å². The molecule has 0 aliphatic heterocycles. The molecule has 0 bridgehead atoms. The second-order valence-electron chi connectivity index (χ2n) is 13.4. The quantitative estimate of drug-likeness (QED) is 0.176. The number of fused-ring (bicyclic) bond motifs is 5. The van der Waals surface area contributed by atoms with E-state index in [1.807, 2.05) is 0 Å². The highest BCUT2D eigenvalue weighted by molar-refractivity contribution is 6.08. The zero-order valence-corrected chi connectivity index (χ0v) is 28.4. The average Bonchev–Trinajstić information content (AvgIpc) is 3.59. The Morgan fingerprint density at radius 3 is 1.31 bits per heavy atom. The first-order valence-electron chi connectivity index (χ1n) is 17.7. The van der Waals surface area contributed by atoms with E-state index in [0.29, 0.717) is 0 Å². The third-order valence-corrected chi connectivity index (χ3v) is 10.2. The summed E-state index contributed by atoms with van der Waals surface area (Å²) in [5.41, 5.74) is 12.2. The van der Waals surface area contributed by atoms with Crippen LogP contribution in [-0.4, -0.2) is 0 Å². The monoisotopic (exact) mass is 663 g/mol. The van der Waals surface area contributed by atoms with Crippen LogP contribution in [0.15, 0.2) is 205 Å². The van der Waals surface area contributed by atoms with Gasteiger partial charge in [-0.05, 0) is 122 Å². The maximum atomic E-state index is 6.37. The number of nitrogens with zero attached hydrogens (tertiary/aromatic N) is 1. The SMILES string of the molecule is c1ccc(-c2cccc(-c3ccc4oc5ccc(-c6cccc(N(c7ccc8ccccc8c7)c7ccc8ccccc8c7)c6)cc5c4c3)c2)cc1. The van der Waals surface area contributed by atoms with Gasteiger partial charge in [0.2, 0.25) is 0 Å². The van der Waals surface area contributed by atoms with E-state index in [1.54, 1.807) is 0 Å². The molecule has 0 atom stereocenters. The molecule has 0 aliphatic carbocycles. The van der Waals surface area contributed by atoms with E-state index in [-0.39, 0.29) is 0 Å². The molecular weight excluding hydrogens is 631 g/mol. The second-order valence-corrected chi connectivity index (χ2v) is 13.4. The standard InChI is InChI=1S/C50H33NO/c1-2-10-34(11-3-1)37-16-8-17-38(28-37)42-22-26-49-47(32-42)48-33-43(23-27-50(48)52-49)41-18-9-19-44(31-41)51(45-24-20-35-12-4-6-14-39(35)29-45)46-25-21-36-13-5-7-15-40(36)30-46/h1-33H. The normalized spacial score (nSPS) is 11.5. The molecule has 0 fully saturated rings. The van der Waals surface area contributed by atoms with Gasteiger partial charge < -0.3 is 9.32 Å². The third kappa shape index (κ3) is 5.39. The molecule has 0 aliphatic rings. The highest BCUT2D eigenvalue weighted by Gasteiger charge is 2.16. The molecule has 244 valence electrons. The molecule has 0 spiro atoms. The molecule has 0 radical (unpaired) electrons. The van der Waals surface area contributed by atoms with Crippen molar-refractivity contribution in [1.29, 1.82) is 0 Å². The highest BCUT2D eigenvalue weighted by Crippen LogP contribution is 2.40. The number of benzene rings is 9. The molecule has 0 unspecified atom stereocenters. The summed E-state index contributed by atoms with van der Waals surface area (Å²) in [7, 11) is 0. The molecule has 10 rings (SSSR count). The van der Waals surface area contributed by atoms with Crippen molar-refractivity contribution >= 4 is 60.5 Å². The molecule has 0 N–H and O–H groups in total. The fourth-order valence-electron chi connectivity index (χ4n) is 7.55. The fraction of sp³-hybridized carbons (Fsp3) is 0. The Morgan fingerprint density at radius 1 is 0.269 bits per heavy atom. The molecule has 0 saturated carbocycles. The van der Waals surface area contributed by atoms with E-state index < -0.39 is 0 Å². The van der Waals surface area contributed by atoms with Gasteiger partial charge in [-0.15, -0.1) is 0 Å². The van der Waals surface area contributed by atoms with Crippen LogP contribution in [0.5, 0.6) is 0 Å². The zero-order chi connectivity index (χ0) is 34.4. The molecule has 1 aromatic heterocycles. The van der Waals surface area contributed by atoms with Crippen LogP contribution in [0.3, 0.4) is 0 Å². The van der Waals surface area contributed by atoms with Crippen LogP contribution in [0.2, 0.25) is 0 Å². The summed E-state index contributed by atoms with van der Waals surface area (Å²) in [4.78, 5) is 2.37. The lowest BCUT2D eigenvalue weighted by Gasteiger charge is -2.26. The molecule has 0 amide bonds. The largest absolute Gasteiger partial charge is 0.456 e. The van der Waals surface area contributed by atoms with E-state index >= 15 is 0 Å². The minimum atomic E-state index is 0.888. The van der Waals surface area contributed by atoms with Gasteiger partial charge in [-0.3, -0.25) is 0 Å². The third-order valence-electron chi connectivity index (χ3n) is 10.2. The van der Waals surface area contributed by atoms with Gasteiger partial charge in [0.1, 0.15) is 11.2 Å². The van der Waals surface area contributed by atoms with E-state index in [0.717, 1.165) is 50.1 Å². The van der Waals surface area contributed by atoms with Crippen molar-refractivity contribution in [3.8, 4) is 33.4 Å². The van der Waals surface area contributed by atoms with Gasteiger partial charge >= 0.3 is 0 Å². The molecule has 2 nitrogen and oxygen atoms in total. The van der Waals surface area contributed by atoms with Crippen molar-refractivity contribution in [3.05, 3.63) is 200 Å². The molecule has 52 heavy (non-hydrogen) atoms.